The molecular weight excluding hydrogens is 480 g/mol. The number of carbonyl (C=O) groups excluding carboxylic acids is 2. The Balaban J connectivity index is 1.50. The third kappa shape index (κ3) is 5.21. The van der Waals surface area contributed by atoms with Crippen LogP contribution in [0.25, 0.3) is 0 Å². The van der Waals surface area contributed by atoms with Crippen LogP contribution >= 0.6 is 0 Å². The summed E-state index contributed by atoms with van der Waals surface area (Å²) in [5.74, 6) is 0.0332. The summed E-state index contributed by atoms with van der Waals surface area (Å²) in [7, 11) is 0. The van der Waals surface area contributed by atoms with Crippen molar-refractivity contribution in [2.75, 3.05) is 0 Å². The average Bonchev–Trinajstić information content (AvgIpc) is 3.45. The number of carbonyl (C=O) groups is 3. The van der Waals surface area contributed by atoms with E-state index in [1.165, 1.54) is 12.8 Å². The first-order valence-corrected chi connectivity index (χ1v) is 15.7. The third-order valence-corrected chi connectivity index (χ3v) is 10.1. The number of nitrogens with zero attached hydrogens (tertiary/aromatic N) is 4. The van der Waals surface area contributed by atoms with Crippen molar-refractivity contribution in [3.63, 3.8) is 0 Å². The van der Waals surface area contributed by atoms with E-state index in [0.717, 1.165) is 83.5 Å². The zero-order chi connectivity index (χ0) is 26.8. The van der Waals surface area contributed by atoms with Gasteiger partial charge in [-0.2, -0.15) is 0 Å². The fourth-order valence-corrected chi connectivity index (χ4v) is 8.14. The highest BCUT2D eigenvalue weighted by Crippen LogP contribution is 2.41. The lowest BCUT2D eigenvalue weighted by molar-refractivity contribution is -0.152. The Kier molecular flexibility index (Phi) is 8.63. The molecule has 3 aliphatic carbocycles. The molecule has 2 saturated heterocycles. The van der Waals surface area contributed by atoms with Crippen LogP contribution in [0.15, 0.2) is 4.99 Å². The van der Waals surface area contributed by atoms with Crippen molar-refractivity contribution in [3.05, 3.63) is 0 Å². The number of carboxylic acids is 1. The number of rotatable bonds is 7. The molecule has 2 heterocycles. The van der Waals surface area contributed by atoms with Gasteiger partial charge in [-0.25, -0.2) is 9.79 Å². The molecule has 0 aromatic rings. The summed E-state index contributed by atoms with van der Waals surface area (Å²) in [6.45, 7) is 3.99. The van der Waals surface area contributed by atoms with Crippen molar-refractivity contribution >= 4 is 23.7 Å². The second-order valence-electron chi connectivity index (χ2n) is 12.6. The molecule has 212 valence electrons. The zero-order valence-electron chi connectivity index (χ0n) is 23.5. The van der Waals surface area contributed by atoms with Gasteiger partial charge in [0.2, 0.25) is 11.9 Å². The van der Waals surface area contributed by atoms with E-state index < -0.39 is 24.1 Å². The highest BCUT2D eigenvalue weighted by Gasteiger charge is 2.53. The fourth-order valence-electron chi connectivity index (χ4n) is 8.14. The van der Waals surface area contributed by atoms with Gasteiger partial charge >= 0.3 is 5.97 Å². The number of amides is 2. The Morgan fingerprint density at radius 3 is 2.24 bits per heavy atom. The van der Waals surface area contributed by atoms with Crippen molar-refractivity contribution < 1.29 is 19.5 Å². The van der Waals surface area contributed by atoms with Crippen LogP contribution in [-0.4, -0.2) is 79.8 Å². The summed E-state index contributed by atoms with van der Waals surface area (Å²) >= 11 is 0. The van der Waals surface area contributed by atoms with E-state index in [0.29, 0.717) is 18.8 Å². The lowest BCUT2D eigenvalue weighted by Gasteiger charge is -2.39. The smallest absolute Gasteiger partial charge is 0.326 e. The van der Waals surface area contributed by atoms with Crippen molar-refractivity contribution in [1.29, 1.82) is 0 Å². The second kappa shape index (κ2) is 12.0. The third-order valence-electron chi connectivity index (χ3n) is 10.1. The number of hydrogen-bond donors (Lipinski definition) is 1. The minimum atomic E-state index is -0.900. The predicted octanol–water partition coefficient (Wildman–Crippen LogP) is 4.95. The molecule has 0 radical (unpaired) electrons. The van der Waals surface area contributed by atoms with Gasteiger partial charge in [0.05, 0.1) is 6.04 Å². The fraction of sp³-hybridized carbons (Fsp3) is 0.867. The molecule has 5 aliphatic rings. The van der Waals surface area contributed by atoms with Crippen LogP contribution in [0.3, 0.4) is 0 Å². The summed E-state index contributed by atoms with van der Waals surface area (Å²) in [5, 5.41) is 10.1. The first kappa shape index (κ1) is 27.4. The molecule has 1 unspecified atom stereocenters. The number of hydrogen-bond acceptors (Lipinski definition) is 4. The van der Waals surface area contributed by atoms with Gasteiger partial charge in [0, 0.05) is 12.1 Å². The van der Waals surface area contributed by atoms with Crippen LogP contribution in [0, 0.1) is 5.92 Å². The second-order valence-corrected chi connectivity index (χ2v) is 12.6. The molecule has 2 aliphatic heterocycles. The van der Waals surface area contributed by atoms with Gasteiger partial charge in [-0.05, 0) is 64.2 Å². The summed E-state index contributed by atoms with van der Waals surface area (Å²) in [6.07, 6.45) is 17.1. The topological polar surface area (TPSA) is 93.5 Å². The van der Waals surface area contributed by atoms with E-state index in [-0.39, 0.29) is 35.9 Å². The number of carboxylic acid groups (broad SMARTS) is 1. The maximum absolute atomic E-state index is 14.3. The zero-order valence-corrected chi connectivity index (χ0v) is 23.5. The van der Waals surface area contributed by atoms with Crippen molar-refractivity contribution in [3.8, 4) is 0 Å². The molecule has 5 rings (SSSR count). The van der Waals surface area contributed by atoms with Crippen molar-refractivity contribution in [2.45, 2.75) is 159 Å². The first-order valence-electron chi connectivity index (χ1n) is 15.7. The van der Waals surface area contributed by atoms with E-state index in [1.807, 2.05) is 16.7 Å². The molecule has 0 aromatic heterocycles. The Morgan fingerprint density at radius 1 is 0.947 bits per heavy atom. The monoisotopic (exact) mass is 528 g/mol. The highest BCUT2D eigenvalue weighted by molar-refractivity contribution is 6.08. The molecule has 0 bridgehead atoms. The average molecular weight is 529 g/mol. The first-order chi connectivity index (χ1) is 18.4. The lowest BCUT2D eigenvalue weighted by atomic mass is 9.84. The van der Waals surface area contributed by atoms with Crippen LogP contribution in [0.1, 0.15) is 123 Å². The van der Waals surface area contributed by atoms with Crippen LogP contribution in [-0.2, 0) is 14.4 Å². The van der Waals surface area contributed by atoms with Crippen LogP contribution in [0.5, 0.6) is 0 Å². The quantitative estimate of drug-likeness (QED) is 0.504. The summed E-state index contributed by atoms with van der Waals surface area (Å²) in [5.41, 5.74) is 0. The maximum atomic E-state index is 14.3. The van der Waals surface area contributed by atoms with E-state index >= 15 is 0 Å². The predicted molar refractivity (Wildman–Crippen MR) is 147 cm³/mol. The summed E-state index contributed by atoms with van der Waals surface area (Å²) in [4.78, 5) is 51.7. The highest BCUT2D eigenvalue weighted by atomic mass is 16.4. The largest absolute Gasteiger partial charge is 0.480 e. The van der Waals surface area contributed by atoms with Crippen molar-refractivity contribution in [2.24, 2.45) is 10.9 Å². The van der Waals surface area contributed by atoms with Crippen LogP contribution in [0.2, 0.25) is 0 Å². The Labute approximate surface area is 228 Å². The van der Waals surface area contributed by atoms with Crippen LogP contribution < -0.4 is 0 Å². The van der Waals surface area contributed by atoms with Crippen LogP contribution in [0.4, 0.5) is 0 Å². The SMILES string of the molecule is CCCC1C(=O)N(C2CCCCC2)/C(=N\C2CCCCC2)N1[C@@H](C)C(=O)N1[C@H](C(=O)O)C[C@@H]2CCCC[C@@H]21. The maximum Gasteiger partial charge on any atom is 0.326 e. The molecule has 8 nitrogen and oxygen atoms in total. The molecule has 8 heteroatoms. The van der Waals surface area contributed by atoms with Gasteiger partial charge < -0.3 is 14.9 Å². The molecular formula is C30H48N4O4. The van der Waals surface area contributed by atoms with Gasteiger partial charge in [-0.3, -0.25) is 14.5 Å². The van der Waals surface area contributed by atoms with E-state index in [2.05, 4.69) is 6.92 Å². The van der Waals surface area contributed by atoms with Gasteiger partial charge in [-0.1, -0.05) is 64.7 Å². The van der Waals surface area contributed by atoms with E-state index in [4.69, 9.17) is 4.99 Å². The lowest BCUT2D eigenvalue weighted by Crippen LogP contribution is -2.56. The van der Waals surface area contributed by atoms with Gasteiger partial charge in [0.15, 0.2) is 0 Å². The molecule has 0 aromatic carbocycles. The molecule has 5 atom stereocenters. The standard InChI is InChI=1S/C30H48N4O4/c1-3-12-25-28(36)33(23-16-8-5-9-17-23)30(31-22-14-6-4-7-15-22)32(25)20(2)27(35)34-24-18-11-10-13-21(24)19-26(34)29(37)38/h20-26H,3-19H2,1-2H3,(H,37,38)/b31-30-/t20-,21-,24-,25?,26-/m0/s1. The van der Waals surface area contributed by atoms with E-state index in [1.54, 1.807) is 4.90 Å². The molecule has 5 fully saturated rings. The number of guanidine groups is 1. The van der Waals surface area contributed by atoms with Gasteiger partial charge in [0.1, 0.15) is 18.1 Å². The molecule has 0 spiro atoms. The number of aliphatic imine (C=N–C) groups is 1. The Hall–Kier alpha value is -2.12. The van der Waals surface area contributed by atoms with Gasteiger partial charge in [0.25, 0.3) is 5.91 Å². The molecule has 2 amide bonds. The molecule has 1 N–H and O–H groups in total. The minimum absolute atomic E-state index is 0.00379. The van der Waals surface area contributed by atoms with E-state index in [9.17, 15) is 19.5 Å². The van der Waals surface area contributed by atoms with Crippen molar-refractivity contribution in [1.82, 2.24) is 14.7 Å². The summed E-state index contributed by atoms with van der Waals surface area (Å²) < 4.78 is 0. The molecule has 3 saturated carbocycles. The molecule has 38 heavy (non-hydrogen) atoms. The Bertz CT molecular complexity index is 910. The number of aliphatic carboxylic acids is 1. The Morgan fingerprint density at radius 2 is 1.58 bits per heavy atom. The normalized spacial score (nSPS) is 33.2. The number of likely N-dealkylation sites (tertiary alicyclic amines) is 1. The summed E-state index contributed by atoms with van der Waals surface area (Å²) in [6, 6.07) is -1.47. The van der Waals surface area contributed by atoms with Gasteiger partial charge in [-0.15, -0.1) is 0 Å². The number of fused-ring (bicyclic) bond motifs is 1. The minimum Gasteiger partial charge on any atom is -0.480 e.